The highest BCUT2D eigenvalue weighted by Crippen LogP contribution is 2.40. The van der Waals surface area contributed by atoms with Crippen molar-refractivity contribution in [3.05, 3.63) is 48.0 Å². The smallest absolute Gasteiger partial charge is 0.351 e. The molecule has 0 saturated carbocycles. The summed E-state index contributed by atoms with van der Waals surface area (Å²) >= 11 is 0. The number of rotatable bonds is 3. The van der Waals surface area contributed by atoms with Gasteiger partial charge >= 0.3 is 12.2 Å². The predicted molar refractivity (Wildman–Crippen MR) is 79.9 cm³/mol. The molecule has 128 valence electrons. The number of carbonyl (C=O) groups is 1. The molecule has 2 amide bonds. The lowest BCUT2D eigenvalue weighted by molar-refractivity contribution is -0.137. The quantitative estimate of drug-likeness (QED) is 0.731. The Balaban J connectivity index is 2.85. The minimum Gasteiger partial charge on any atom is -0.351 e. The molecule has 0 aliphatic rings. The first-order valence-corrected chi connectivity index (χ1v) is 7.79. The Morgan fingerprint density at radius 1 is 1.04 bits per heavy atom. The number of urea groups is 1. The lowest BCUT2D eigenvalue weighted by Gasteiger charge is -2.17. The summed E-state index contributed by atoms with van der Waals surface area (Å²) in [5.74, 6) is 0. The minimum atomic E-state index is -4.96. The van der Waals surface area contributed by atoms with Gasteiger partial charge in [-0.15, -0.1) is 0 Å². The summed E-state index contributed by atoms with van der Waals surface area (Å²) < 4.78 is 72.3. The molecule has 2 rings (SSSR count). The van der Waals surface area contributed by atoms with Gasteiger partial charge in [-0.05, 0) is 17.7 Å². The molecule has 0 unspecified atom stereocenters. The second kappa shape index (κ2) is 6.13. The van der Waals surface area contributed by atoms with Crippen LogP contribution in [0.2, 0.25) is 0 Å². The fourth-order valence-corrected chi connectivity index (χ4v) is 3.08. The van der Waals surface area contributed by atoms with Crippen LogP contribution < -0.4 is 11.1 Å². The van der Waals surface area contributed by atoms with E-state index in [0.29, 0.717) is 0 Å². The average Bonchev–Trinajstić information content (AvgIpc) is 2.44. The number of nitrogens with one attached hydrogen (secondary N) is 1. The Labute approximate surface area is 134 Å². The number of hydrogen-bond acceptors (Lipinski definition) is 3. The van der Waals surface area contributed by atoms with Crippen molar-refractivity contribution in [3.8, 4) is 11.1 Å². The number of carbonyl (C=O) groups excluding carboxylic acids is 1. The number of alkyl halides is 3. The van der Waals surface area contributed by atoms with Crippen LogP contribution in [-0.2, 0) is 16.3 Å². The van der Waals surface area contributed by atoms with Gasteiger partial charge in [-0.25, -0.2) is 4.79 Å². The monoisotopic (exact) mass is 360 g/mol. The Bertz CT molecular complexity index is 895. The summed E-state index contributed by atoms with van der Waals surface area (Å²) in [6, 6.07) is 6.52. The molecule has 10 heteroatoms. The summed E-state index contributed by atoms with van der Waals surface area (Å²) in [6.07, 6.45) is -4.75. The average molecular weight is 360 g/mol. The van der Waals surface area contributed by atoms with Crippen LogP contribution in [-0.4, -0.2) is 19.0 Å². The largest absolute Gasteiger partial charge is 0.417 e. The van der Waals surface area contributed by atoms with Crippen molar-refractivity contribution in [2.45, 2.75) is 11.1 Å². The van der Waals surface area contributed by atoms with Gasteiger partial charge < -0.3 is 11.1 Å². The number of amides is 2. The van der Waals surface area contributed by atoms with Gasteiger partial charge in [0.15, 0.2) is 0 Å². The molecule has 0 saturated heterocycles. The van der Waals surface area contributed by atoms with Crippen LogP contribution in [0.3, 0.4) is 0 Å². The van der Waals surface area contributed by atoms with Crippen LogP contribution in [0, 0.1) is 0 Å². The second-order valence-electron chi connectivity index (χ2n) is 4.69. The topological polar surface area (TPSA) is 109 Å². The first-order chi connectivity index (χ1) is 11.0. The Morgan fingerprint density at radius 3 is 2.17 bits per heavy atom. The number of nitrogens with two attached hydrogens (primary N) is 1. The molecule has 6 nitrogen and oxygen atoms in total. The maximum absolute atomic E-state index is 13.2. The lowest BCUT2D eigenvalue weighted by atomic mass is 9.98. The highest BCUT2D eigenvalue weighted by Gasteiger charge is 2.35. The van der Waals surface area contributed by atoms with Crippen molar-refractivity contribution < 1.29 is 30.9 Å². The SMILES string of the molecule is NC(=O)Nc1cccc(-c2ccccc2C(F)(F)F)c1S(=O)(=O)O. The van der Waals surface area contributed by atoms with E-state index < -0.39 is 49.6 Å². The van der Waals surface area contributed by atoms with Gasteiger partial charge in [-0.2, -0.15) is 21.6 Å². The molecule has 0 atom stereocenters. The zero-order valence-corrected chi connectivity index (χ0v) is 12.6. The molecule has 4 N–H and O–H groups in total. The maximum Gasteiger partial charge on any atom is 0.417 e. The van der Waals surface area contributed by atoms with Crippen molar-refractivity contribution >= 4 is 21.8 Å². The van der Waals surface area contributed by atoms with E-state index in [1.54, 1.807) is 0 Å². The Kier molecular flexibility index (Phi) is 4.54. The molecule has 0 heterocycles. The second-order valence-corrected chi connectivity index (χ2v) is 6.05. The van der Waals surface area contributed by atoms with Gasteiger partial charge in [-0.1, -0.05) is 30.3 Å². The number of primary amides is 1. The molecule has 0 spiro atoms. The van der Waals surface area contributed by atoms with E-state index in [2.05, 4.69) is 0 Å². The van der Waals surface area contributed by atoms with Crippen molar-refractivity contribution in [1.82, 2.24) is 0 Å². The van der Waals surface area contributed by atoms with Crippen LogP contribution in [0.15, 0.2) is 47.4 Å². The first kappa shape index (κ1) is 17.8. The highest BCUT2D eigenvalue weighted by atomic mass is 32.2. The van der Waals surface area contributed by atoms with E-state index in [4.69, 9.17) is 5.73 Å². The van der Waals surface area contributed by atoms with Crippen LogP contribution in [0.1, 0.15) is 5.56 Å². The van der Waals surface area contributed by atoms with Crippen molar-refractivity contribution in [3.63, 3.8) is 0 Å². The van der Waals surface area contributed by atoms with Gasteiger partial charge in [0, 0.05) is 5.56 Å². The molecule has 24 heavy (non-hydrogen) atoms. The third-order valence-electron chi connectivity index (χ3n) is 3.05. The third-order valence-corrected chi connectivity index (χ3v) is 4.01. The van der Waals surface area contributed by atoms with Crippen LogP contribution in [0.4, 0.5) is 23.7 Å². The molecule has 2 aromatic rings. The summed E-state index contributed by atoms with van der Waals surface area (Å²) in [7, 11) is -4.96. The minimum absolute atomic E-state index is 0.420. The van der Waals surface area contributed by atoms with Crippen molar-refractivity contribution in [2.24, 2.45) is 5.73 Å². The highest BCUT2D eigenvalue weighted by molar-refractivity contribution is 7.86. The van der Waals surface area contributed by atoms with E-state index in [1.165, 1.54) is 12.1 Å². The summed E-state index contributed by atoms with van der Waals surface area (Å²) in [6.45, 7) is 0. The van der Waals surface area contributed by atoms with Crippen molar-refractivity contribution in [1.29, 1.82) is 0 Å². The van der Waals surface area contributed by atoms with Crippen LogP contribution >= 0.6 is 0 Å². The first-order valence-electron chi connectivity index (χ1n) is 6.35. The normalized spacial score (nSPS) is 12.0. The van der Waals surface area contributed by atoms with Gasteiger partial charge in [0.25, 0.3) is 10.1 Å². The molecule has 2 aromatic carbocycles. The fraction of sp³-hybridized carbons (Fsp3) is 0.0714. The number of anilines is 1. The van der Waals surface area contributed by atoms with E-state index >= 15 is 0 Å². The third kappa shape index (κ3) is 3.66. The molecular weight excluding hydrogens is 349 g/mol. The molecule has 0 fully saturated rings. The summed E-state index contributed by atoms with van der Waals surface area (Å²) in [5.41, 5.74) is 2.51. The Morgan fingerprint density at radius 2 is 1.62 bits per heavy atom. The summed E-state index contributed by atoms with van der Waals surface area (Å²) in [4.78, 5) is 10.1. The van der Waals surface area contributed by atoms with Gasteiger partial charge in [-0.3, -0.25) is 4.55 Å². The predicted octanol–water partition coefficient (Wildman–Crippen LogP) is 3.11. The van der Waals surface area contributed by atoms with Gasteiger partial charge in [0.1, 0.15) is 4.90 Å². The number of hydrogen-bond donors (Lipinski definition) is 3. The van der Waals surface area contributed by atoms with E-state index in [9.17, 15) is 30.9 Å². The maximum atomic E-state index is 13.2. The van der Waals surface area contributed by atoms with E-state index in [1.807, 2.05) is 5.32 Å². The van der Waals surface area contributed by atoms with Crippen LogP contribution in [0.5, 0.6) is 0 Å². The van der Waals surface area contributed by atoms with E-state index in [0.717, 1.165) is 30.3 Å². The standard InChI is InChI=1S/C14H11F3N2O4S/c15-14(16,17)10-6-2-1-4-8(10)9-5-3-7-11(19-13(18)20)12(9)24(21,22)23/h1-7H,(H3,18,19,20)(H,21,22,23). The van der Waals surface area contributed by atoms with Gasteiger partial charge in [0.05, 0.1) is 11.3 Å². The molecule has 0 radical (unpaired) electrons. The fourth-order valence-electron chi connectivity index (χ4n) is 2.22. The van der Waals surface area contributed by atoms with E-state index in [-0.39, 0.29) is 0 Å². The molecule has 0 bridgehead atoms. The van der Waals surface area contributed by atoms with Crippen molar-refractivity contribution in [2.75, 3.05) is 5.32 Å². The van der Waals surface area contributed by atoms with Gasteiger partial charge in [0.2, 0.25) is 0 Å². The zero-order chi connectivity index (χ0) is 18.1. The molecule has 0 aromatic heterocycles. The molecule has 0 aliphatic heterocycles. The number of halogens is 3. The van der Waals surface area contributed by atoms with Crippen LogP contribution in [0.25, 0.3) is 11.1 Å². The summed E-state index contributed by atoms with van der Waals surface area (Å²) in [5, 5.41) is 1.97. The lowest BCUT2D eigenvalue weighted by Crippen LogP contribution is -2.21. The zero-order valence-electron chi connectivity index (χ0n) is 11.8. The molecular formula is C14H11F3N2O4S. The number of benzene rings is 2. The molecule has 0 aliphatic carbocycles. The Hall–Kier alpha value is -2.59.